The minimum Gasteiger partial charge on any atom is -0.444 e. The molecule has 1 unspecified atom stereocenters. The van der Waals surface area contributed by atoms with Gasteiger partial charge in [-0.1, -0.05) is 82.7 Å². The number of benzene rings is 2. The molecule has 2 aromatic carbocycles. The second-order valence-electron chi connectivity index (χ2n) is 6.86. The average Bonchev–Trinajstić information content (AvgIpc) is 3.14. The topological polar surface area (TPSA) is 71.4 Å². The summed E-state index contributed by atoms with van der Waals surface area (Å²) in [4.78, 5) is 32.6. The fraction of sp³-hybridized carbons (Fsp3) is 0.261. The first-order valence-corrected chi connectivity index (χ1v) is 11.0. The number of nitrogens with zero attached hydrogens (tertiary/aromatic N) is 3. The van der Waals surface area contributed by atoms with Gasteiger partial charge in [0.1, 0.15) is 13.2 Å². The maximum absolute atomic E-state index is 12.9. The van der Waals surface area contributed by atoms with Gasteiger partial charge in [0.2, 0.25) is 5.96 Å². The van der Waals surface area contributed by atoms with E-state index >= 15 is 0 Å². The van der Waals surface area contributed by atoms with Crippen LogP contribution in [-0.2, 0) is 22.7 Å². The van der Waals surface area contributed by atoms with Crippen molar-refractivity contribution in [2.45, 2.75) is 19.3 Å². The Bertz CT molecular complexity index is 921. The Morgan fingerprint density at radius 3 is 2.16 bits per heavy atom. The number of rotatable bonds is 7. The lowest BCUT2D eigenvalue weighted by Gasteiger charge is -2.22. The third-order valence-electron chi connectivity index (χ3n) is 4.62. The van der Waals surface area contributed by atoms with Crippen molar-refractivity contribution in [1.82, 2.24) is 9.80 Å². The van der Waals surface area contributed by atoms with Crippen molar-refractivity contribution >= 4 is 34.1 Å². The number of halogens is 1. The number of alkyl halides is 1. The number of ether oxygens (including phenoxy) is 2. The molecule has 0 aliphatic carbocycles. The molecule has 1 aliphatic heterocycles. The van der Waals surface area contributed by atoms with Crippen LogP contribution in [0.15, 0.2) is 78.3 Å². The zero-order valence-corrected chi connectivity index (χ0v) is 18.6. The average molecular weight is 486 g/mol. The molecule has 1 aliphatic rings. The van der Waals surface area contributed by atoms with Crippen LogP contribution in [0.1, 0.15) is 11.1 Å². The molecule has 0 spiro atoms. The largest absolute Gasteiger partial charge is 0.444 e. The maximum atomic E-state index is 12.9. The standard InChI is InChI=1S/C23H24BrN3O4/c1-2-13-26-15-20(14-24)27(23(29)31-17-19-11-7-4-8-12-19)21(26)25-22(28)30-16-18-9-5-3-6-10-18/h2-12,20H,1,13-17H2/b25-21+. The Balaban J connectivity index is 1.74. The lowest BCUT2D eigenvalue weighted by molar-refractivity contribution is 0.112. The molecule has 2 amide bonds. The highest BCUT2D eigenvalue weighted by atomic mass is 79.9. The van der Waals surface area contributed by atoms with Crippen LogP contribution in [0.5, 0.6) is 0 Å². The molecule has 2 aromatic rings. The molecule has 0 N–H and O–H groups in total. The molecule has 162 valence electrons. The summed E-state index contributed by atoms with van der Waals surface area (Å²) in [5.74, 6) is 0.195. The van der Waals surface area contributed by atoms with Gasteiger partial charge < -0.3 is 14.4 Å². The van der Waals surface area contributed by atoms with Gasteiger partial charge in [0, 0.05) is 18.4 Å². The minimum atomic E-state index is -0.774. The van der Waals surface area contributed by atoms with Gasteiger partial charge in [-0.3, -0.25) is 0 Å². The summed E-state index contributed by atoms with van der Waals surface area (Å²) in [6.45, 7) is 4.89. The van der Waals surface area contributed by atoms with Crippen LogP contribution >= 0.6 is 15.9 Å². The van der Waals surface area contributed by atoms with E-state index in [1.807, 2.05) is 60.7 Å². The third-order valence-corrected chi connectivity index (χ3v) is 5.37. The zero-order chi connectivity index (χ0) is 22.1. The predicted molar refractivity (Wildman–Crippen MR) is 122 cm³/mol. The molecule has 0 radical (unpaired) electrons. The van der Waals surface area contributed by atoms with E-state index in [1.165, 1.54) is 4.90 Å². The molecule has 1 saturated heterocycles. The Morgan fingerprint density at radius 1 is 1.03 bits per heavy atom. The Hall–Kier alpha value is -3.13. The predicted octanol–water partition coefficient (Wildman–Crippen LogP) is 4.58. The molecule has 0 saturated carbocycles. The van der Waals surface area contributed by atoms with E-state index in [-0.39, 0.29) is 25.2 Å². The Labute approximate surface area is 190 Å². The summed E-state index contributed by atoms with van der Waals surface area (Å²) < 4.78 is 10.8. The number of hydrogen-bond donors (Lipinski definition) is 0. The van der Waals surface area contributed by atoms with Crippen LogP contribution in [0, 0.1) is 0 Å². The first-order valence-electron chi connectivity index (χ1n) is 9.83. The molecule has 0 aromatic heterocycles. The second kappa shape index (κ2) is 11.3. The van der Waals surface area contributed by atoms with E-state index in [4.69, 9.17) is 9.47 Å². The van der Waals surface area contributed by atoms with Gasteiger partial charge >= 0.3 is 12.2 Å². The Morgan fingerprint density at radius 2 is 1.61 bits per heavy atom. The van der Waals surface area contributed by atoms with Crippen LogP contribution < -0.4 is 0 Å². The molecule has 1 atom stereocenters. The molecule has 1 fully saturated rings. The molecule has 8 heteroatoms. The van der Waals surface area contributed by atoms with Crippen LogP contribution in [0.4, 0.5) is 9.59 Å². The van der Waals surface area contributed by atoms with Gasteiger partial charge in [-0.2, -0.15) is 0 Å². The van der Waals surface area contributed by atoms with E-state index < -0.39 is 12.2 Å². The van der Waals surface area contributed by atoms with E-state index in [0.717, 1.165) is 11.1 Å². The van der Waals surface area contributed by atoms with Crippen molar-refractivity contribution in [1.29, 1.82) is 0 Å². The molecule has 1 heterocycles. The van der Waals surface area contributed by atoms with Crippen molar-refractivity contribution in [2.24, 2.45) is 4.99 Å². The molecular weight excluding hydrogens is 462 g/mol. The van der Waals surface area contributed by atoms with Gasteiger partial charge in [-0.25, -0.2) is 14.5 Å². The van der Waals surface area contributed by atoms with Gasteiger partial charge in [0.05, 0.1) is 6.04 Å². The van der Waals surface area contributed by atoms with E-state index in [1.54, 1.807) is 11.0 Å². The number of carbonyl (C=O) groups excluding carboxylic acids is 2. The summed E-state index contributed by atoms with van der Waals surface area (Å²) in [5, 5.41) is 0.499. The number of carbonyl (C=O) groups is 2. The van der Waals surface area contributed by atoms with E-state index in [9.17, 15) is 9.59 Å². The number of guanidine groups is 1. The van der Waals surface area contributed by atoms with Gasteiger partial charge in [-0.15, -0.1) is 11.6 Å². The quantitative estimate of drug-likeness (QED) is 0.423. The van der Waals surface area contributed by atoms with Gasteiger partial charge in [0.25, 0.3) is 0 Å². The van der Waals surface area contributed by atoms with Crippen LogP contribution in [0.2, 0.25) is 0 Å². The van der Waals surface area contributed by atoms with Crippen molar-refractivity contribution in [2.75, 3.05) is 18.4 Å². The SMILES string of the molecule is C=CCN1CC(CBr)N(C(=O)OCc2ccccc2)/C1=N/C(=O)OCc1ccccc1. The third kappa shape index (κ3) is 6.18. The number of amides is 2. The minimum absolute atomic E-state index is 0.0955. The first kappa shape index (κ1) is 22.6. The van der Waals surface area contributed by atoms with E-state index in [0.29, 0.717) is 18.4 Å². The molecule has 7 nitrogen and oxygen atoms in total. The fourth-order valence-electron chi connectivity index (χ4n) is 3.14. The van der Waals surface area contributed by atoms with Crippen molar-refractivity contribution in [3.63, 3.8) is 0 Å². The van der Waals surface area contributed by atoms with Crippen molar-refractivity contribution in [3.05, 3.63) is 84.4 Å². The summed E-state index contributed by atoms with van der Waals surface area (Å²) >= 11 is 3.44. The first-order chi connectivity index (χ1) is 15.1. The smallest absolute Gasteiger partial charge is 0.437 e. The monoisotopic (exact) mass is 485 g/mol. The summed E-state index contributed by atoms with van der Waals surface area (Å²) in [6, 6.07) is 18.5. The lowest BCUT2D eigenvalue weighted by atomic mass is 10.2. The molecule has 3 rings (SSSR count). The van der Waals surface area contributed by atoms with Gasteiger partial charge in [0.15, 0.2) is 0 Å². The Kier molecular flexibility index (Phi) is 8.23. The molecule has 0 bridgehead atoms. The van der Waals surface area contributed by atoms with E-state index in [2.05, 4.69) is 27.5 Å². The highest BCUT2D eigenvalue weighted by Crippen LogP contribution is 2.20. The van der Waals surface area contributed by atoms with Crippen LogP contribution in [0.3, 0.4) is 0 Å². The summed E-state index contributed by atoms with van der Waals surface area (Å²) in [7, 11) is 0. The van der Waals surface area contributed by atoms with Crippen LogP contribution in [0.25, 0.3) is 0 Å². The zero-order valence-electron chi connectivity index (χ0n) is 17.0. The van der Waals surface area contributed by atoms with Gasteiger partial charge in [-0.05, 0) is 11.1 Å². The van der Waals surface area contributed by atoms with Crippen molar-refractivity contribution in [3.8, 4) is 0 Å². The summed E-state index contributed by atoms with van der Waals surface area (Å²) in [5.41, 5.74) is 1.72. The highest BCUT2D eigenvalue weighted by molar-refractivity contribution is 9.09. The number of hydrogen-bond acceptors (Lipinski definition) is 4. The summed E-state index contributed by atoms with van der Waals surface area (Å²) in [6.07, 6.45) is 0.341. The molecular formula is C23H24BrN3O4. The molecule has 31 heavy (non-hydrogen) atoms. The van der Waals surface area contributed by atoms with Crippen LogP contribution in [-0.4, -0.2) is 52.4 Å². The fourth-order valence-corrected chi connectivity index (χ4v) is 3.63. The maximum Gasteiger partial charge on any atom is 0.437 e. The second-order valence-corrected chi connectivity index (χ2v) is 7.51. The normalized spacial score (nSPS) is 16.9. The lowest BCUT2D eigenvalue weighted by Crippen LogP contribution is -2.42. The highest BCUT2D eigenvalue weighted by Gasteiger charge is 2.40. The van der Waals surface area contributed by atoms with Crippen molar-refractivity contribution < 1.29 is 19.1 Å². The number of aliphatic imine (C=N–C) groups is 1.